The molecular formula is C22H24N2O4. The van der Waals surface area contributed by atoms with E-state index in [1.807, 2.05) is 4.90 Å². The third-order valence-electron chi connectivity index (χ3n) is 4.85. The van der Waals surface area contributed by atoms with Crippen LogP contribution in [-0.2, 0) is 0 Å². The van der Waals surface area contributed by atoms with Crippen molar-refractivity contribution >= 4 is 17.8 Å². The number of methoxy groups -OCH3 is 1. The van der Waals surface area contributed by atoms with Crippen molar-refractivity contribution < 1.29 is 19.4 Å². The second-order valence-electron chi connectivity index (χ2n) is 6.80. The van der Waals surface area contributed by atoms with Crippen molar-refractivity contribution in [3.8, 4) is 11.5 Å². The van der Waals surface area contributed by atoms with Crippen LogP contribution in [0.4, 0.5) is 0 Å². The van der Waals surface area contributed by atoms with E-state index in [1.165, 1.54) is 25.3 Å². The second-order valence-corrected chi connectivity index (χ2v) is 6.80. The van der Waals surface area contributed by atoms with Gasteiger partial charge in [0, 0.05) is 37.8 Å². The summed E-state index contributed by atoms with van der Waals surface area (Å²) in [5.41, 5.74) is 1.65. The highest BCUT2D eigenvalue weighted by Crippen LogP contribution is 2.24. The van der Waals surface area contributed by atoms with Crippen molar-refractivity contribution in [1.82, 2.24) is 9.80 Å². The number of piperazine rings is 1. The molecule has 146 valence electrons. The maximum absolute atomic E-state index is 12.6. The van der Waals surface area contributed by atoms with Crippen LogP contribution in [0, 0.1) is 0 Å². The van der Waals surface area contributed by atoms with Crippen molar-refractivity contribution in [3.63, 3.8) is 0 Å². The second kappa shape index (κ2) is 8.71. The molecule has 1 heterocycles. The number of carbonyl (C=O) groups is 2. The van der Waals surface area contributed by atoms with Gasteiger partial charge in [-0.15, -0.1) is 0 Å². The number of carbonyl (C=O) groups excluding carboxylic acids is 2. The Morgan fingerprint density at radius 1 is 1.04 bits per heavy atom. The Morgan fingerprint density at radius 3 is 2.32 bits per heavy atom. The number of hydrogen-bond acceptors (Lipinski definition) is 5. The van der Waals surface area contributed by atoms with Crippen LogP contribution >= 0.6 is 0 Å². The summed E-state index contributed by atoms with van der Waals surface area (Å²) in [6.45, 7) is 3.23. The van der Waals surface area contributed by atoms with Crippen LogP contribution in [0.2, 0.25) is 0 Å². The molecule has 1 saturated heterocycles. The van der Waals surface area contributed by atoms with E-state index in [2.05, 4.69) is 11.9 Å². The molecule has 1 N–H and O–H groups in total. The highest BCUT2D eigenvalue weighted by Gasteiger charge is 2.20. The first kappa shape index (κ1) is 19.6. The molecule has 2 aromatic carbocycles. The molecule has 6 nitrogen and oxygen atoms in total. The molecule has 6 heteroatoms. The van der Waals surface area contributed by atoms with E-state index in [0.717, 1.165) is 31.7 Å². The molecule has 0 aromatic heterocycles. The number of phenolic OH excluding ortho intramolecular Hbond substituents is 1. The molecule has 0 saturated carbocycles. The standard InChI is InChI=1S/C22H24N2O4/c1-23-11-13-24(14-12-23)22(27)17-6-3-16(4-7-17)5-10-20(25)19-9-8-18(28-2)15-21(19)26/h3-10,15,26H,11-14H2,1-2H3/b10-5+. The number of amides is 1. The first-order valence-corrected chi connectivity index (χ1v) is 9.15. The molecule has 1 fully saturated rings. The van der Waals surface area contributed by atoms with Gasteiger partial charge in [0.2, 0.25) is 0 Å². The van der Waals surface area contributed by atoms with Crippen LogP contribution in [-0.4, -0.2) is 66.9 Å². The summed E-state index contributed by atoms with van der Waals surface area (Å²) in [6, 6.07) is 11.7. The normalized spacial score (nSPS) is 15.0. The van der Waals surface area contributed by atoms with E-state index >= 15 is 0 Å². The molecular weight excluding hydrogens is 356 g/mol. The molecule has 0 atom stereocenters. The smallest absolute Gasteiger partial charge is 0.253 e. The number of hydrogen-bond donors (Lipinski definition) is 1. The Labute approximate surface area is 164 Å². The topological polar surface area (TPSA) is 70.1 Å². The molecule has 0 spiro atoms. The molecule has 1 aliphatic heterocycles. The predicted octanol–water partition coefficient (Wildman–Crippen LogP) is 2.68. The van der Waals surface area contributed by atoms with Gasteiger partial charge < -0.3 is 19.6 Å². The van der Waals surface area contributed by atoms with E-state index in [1.54, 1.807) is 36.4 Å². The first-order valence-electron chi connectivity index (χ1n) is 9.15. The zero-order valence-corrected chi connectivity index (χ0v) is 16.1. The Kier molecular flexibility index (Phi) is 6.11. The van der Waals surface area contributed by atoms with Crippen LogP contribution in [0.1, 0.15) is 26.3 Å². The minimum absolute atomic E-state index is 0.0304. The predicted molar refractivity (Wildman–Crippen MR) is 108 cm³/mol. The fraction of sp³-hybridized carbons (Fsp3) is 0.273. The summed E-state index contributed by atoms with van der Waals surface area (Å²) >= 11 is 0. The number of ether oxygens (including phenoxy) is 1. The number of phenols is 1. The number of allylic oxidation sites excluding steroid dienone is 1. The monoisotopic (exact) mass is 380 g/mol. The lowest BCUT2D eigenvalue weighted by atomic mass is 10.1. The van der Waals surface area contributed by atoms with Gasteiger partial charge in [-0.2, -0.15) is 0 Å². The van der Waals surface area contributed by atoms with Gasteiger partial charge in [-0.1, -0.05) is 18.2 Å². The molecule has 2 aromatic rings. The fourth-order valence-electron chi connectivity index (χ4n) is 3.04. The molecule has 3 rings (SSSR count). The average Bonchev–Trinajstić information content (AvgIpc) is 2.72. The van der Waals surface area contributed by atoms with Crippen molar-refractivity contribution in [2.75, 3.05) is 40.3 Å². The zero-order valence-electron chi connectivity index (χ0n) is 16.1. The Morgan fingerprint density at radius 2 is 1.71 bits per heavy atom. The summed E-state index contributed by atoms with van der Waals surface area (Å²) < 4.78 is 5.02. The summed E-state index contributed by atoms with van der Waals surface area (Å²) in [6.07, 6.45) is 3.06. The molecule has 1 aliphatic rings. The van der Waals surface area contributed by atoms with Crippen molar-refractivity contribution in [1.29, 1.82) is 0 Å². The molecule has 0 radical (unpaired) electrons. The van der Waals surface area contributed by atoms with Gasteiger partial charge in [-0.25, -0.2) is 0 Å². The van der Waals surface area contributed by atoms with E-state index in [4.69, 9.17) is 4.74 Å². The molecule has 28 heavy (non-hydrogen) atoms. The highest BCUT2D eigenvalue weighted by atomic mass is 16.5. The summed E-state index contributed by atoms with van der Waals surface area (Å²) in [7, 11) is 3.55. The lowest BCUT2D eigenvalue weighted by Gasteiger charge is -2.32. The number of likely N-dealkylation sites (N-methyl/N-ethyl adjacent to an activating group) is 1. The third kappa shape index (κ3) is 4.58. The number of ketones is 1. The number of rotatable bonds is 5. The molecule has 0 bridgehead atoms. The van der Waals surface area contributed by atoms with E-state index in [-0.39, 0.29) is 23.0 Å². The van der Waals surface area contributed by atoms with Gasteiger partial charge in [-0.05, 0) is 43.0 Å². The lowest BCUT2D eigenvalue weighted by molar-refractivity contribution is 0.0664. The summed E-state index contributed by atoms with van der Waals surface area (Å²) in [5.74, 6) is 0.0846. The third-order valence-corrected chi connectivity index (χ3v) is 4.85. The maximum Gasteiger partial charge on any atom is 0.253 e. The zero-order chi connectivity index (χ0) is 20.1. The van der Waals surface area contributed by atoms with Crippen LogP contribution < -0.4 is 4.74 Å². The van der Waals surface area contributed by atoms with Gasteiger partial charge in [0.25, 0.3) is 5.91 Å². The minimum Gasteiger partial charge on any atom is -0.507 e. The van der Waals surface area contributed by atoms with E-state index in [0.29, 0.717) is 11.3 Å². The van der Waals surface area contributed by atoms with E-state index in [9.17, 15) is 14.7 Å². The molecule has 1 amide bonds. The quantitative estimate of drug-likeness (QED) is 0.638. The largest absolute Gasteiger partial charge is 0.507 e. The van der Waals surface area contributed by atoms with Crippen molar-refractivity contribution in [3.05, 3.63) is 65.2 Å². The summed E-state index contributed by atoms with van der Waals surface area (Å²) in [5, 5.41) is 9.95. The van der Waals surface area contributed by atoms with Crippen LogP contribution in [0.5, 0.6) is 11.5 Å². The minimum atomic E-state index is -0.308. The number of aromatic hydroxyl groups is 1. The van der Waals surface area contributed by atoms with Crippen LogP contribution in [0.15, 0.2) is 48.5 Å². The Hall–Kier alpha value is -3.12. The Balaban J connectivity index is 1.65. The SMILES string of the molecule is COc1ccc(C(=O)/C=C/c2ccc(C(=O)N3CCN(C)CC3)cc2)c(O)c1. The summed E-state index contributed by atoms with van der Waals surface area (Å²) in [4.78, 5) is 28.9. The fourth-order valence-corrected chi connectivity index (χ4v) is 3.04. The Bertz CT molecular complexity index is 882. The van der Waals surface area contributed by atoms with Gasteiger partial charge >= 0.3 is 0 Å². The van der Waals surface area contributed by atoms with Crippen LogP contribution in [0.25, 0.3) is 6.08 Å². The number of nitrogens with zero attached hydrogens (tertiary/aromatic N) is 2. The number of benzene rings is 2. The first-order chi connectivity index (χ1) is 13.5. The molecule has 0 aliphatic carbocycles. The van der Waals surface area contributed by atoms with Gasteiger partial charge in [-0.3, -0.25) is 9.59 Å². The van der Waals surface area contributed by atoms with Gasteiger partial charge in [0.1, 0.15) is 11.5 Å². The van der Waals surface area contributed by atoms with E-state index < -0.39 is 0 Å². The maximum atomic E-state index is 12.6. The highest BCUT2D eigenvalue weighted by molar-refractivity contribution is 6.08. The van der Waals surface area contributed by atoms with Crippen molar-refractivity contribution in [2.45, 2.75) is 0 Å². The molecule has 0 unspecified atom stereocenters. The van der Waals surface area contributed by atoms with Gasteiger partial charge in [0.05, 0.1) is 12.7 Å². The lowest BCUT2D eigenvalue weighted by Crippen LogP contribution is -2.47. The average molecular weight is 380 g/mol. The van der Waals surface area contributed by atoms with Crippen LogP contribution in [0.3, 0.4) is 0 Å². The van der Waals surface area contributed by atoms with Crippen molar-refractivity contribution in [2.24, 2.45) is 0 Å². The van der Waals surface area contributed by atoms with Gasteiger partial charge in [0.15, 0.2) is 5.78 Å².